The smallest absolute Gasteiger partial charge is 0.410 e. The summed E-state index contributed by atoms with van der Waals surface area (Å²) in [5.74, 6) is -2.61. The minimum atomic E-state index is -1.09. The molecule has 2 atom stereocenters. The number of rotatable bonds is 3. The molecule has 0 aromatic rings. The van der Waals surface area contributed by atoms with Crippen LogP contribution in [-0.4, -0.2) is 60.9 Å². The second-order valence-electron chi connectivity index (χ2n) is 6.03. The van der Waals surface area contributed by atoms with E-state index in [1.165, 1.54) is 24.2 Å². The zero-order valence-electron chi connectivity index (χ0n) is 14.3. The second-order valence-corrected chi connectivity index (χ2v) is 6.03. The molecule has 1 amide bonds. The number of aliphatic hydroxyl groups is 1. The lowest BCUT2D eigenvalue weighted by Crippen LogP contribution is -2.46. The molecule has 8 heteroatoms. The molecule has 2 heterocycles. The summed E-state index contributed by atoms with van der Waals surface area (Å²) in [5.41, 5.74) is 1.73. The van der Waals surface area contributed by atoms with Gasteiger partial charge in [0.2, 0.25) is 0 Å². The Morgan fingerprint density at radius 2 is 2.19 bits per heavy atom. The molecule has 138 valence electrons. The first kappa shape index (κ1) is 17.8. The minimum absolute atomic E-state index is 0.0623. The molecule has 0 bridgehead atoms. The van der Waals surface area contributed by atoms with Crippen molar-refractivity contribution in [2.24, 2.45) is 5.92 Å². The van der Waals surface area contributed by atoms with Crippen LogP contribution in [0.15, 0.2) is 47.3 Å². The minimum Gasteiger partial charge on any atom is -0.511 e. The van der Waals surface area contributed by atoms with Crippen LogP contribution < -0.4 is 0 Å². The molecule has 1 aliphatic carbocycles. The van der Waals surface area contributed by atoms with E-state index in [4.69, 9.17) is 14.2 Å². The zero-order chi connectivity index (χ0) is 18.8. The van der Waals surface area contributed by atoms with Crippen LogP contribution in [0.5, 0.6) is 0 Å². The summed E-state index contributed by atoms with van der Waals surface area (Å²) in [5, 5.41) is 10.0. The van der Waals surface area contributed by atoms with E-state index in [-0.39, 0.29) is 18.9 Å². The molecule has 3 aliphatic rings. The average Bonchev–Trinajstić information content (AvgIpc) is 2.65. The maximum Gasteiger partial charge on any atom is 0.410 e. The largest absolute Gasteiger partial charge is 0.511 e. The van der Waals surface area contributed by atoms with E-state index in [2.05, 4.69) is 6.58 Å². The van der Waals surface area contributed by atoms with Crippen molar-refractivity contribution in [2.45, 2.75) is 12.5 Å². The van der Waals surface area contributed by atoms with Gasteiger partial charge >= 0.3 is 18.0 Å². The molecule has 2 unspecified atom stereocenters. The molecule has 8 nitrogen and oxygen atoms in total. The zero-order valence-corrected chi connectivity index (χ0v) is 14.3. The van der Waals surface area contributed by atoms with Gasteiger partial charge in [-0.25, -0.2) is 9.59 Å². The van der Waals surface area contributed by atoms with E-state index >= 15 is 0 Å². The van der Waals surface area contributed by atoms with E-state index in [1.807, 2.05) is 0 Å². The molecular formula is C18H19NO7. The number of fused-ring (bicyclic) bond motifs is 2. The summed E-state index contributed by atoms with van der Waals surface area (Å²) in [6.45, 7) is 4.00. The van der Waals surface area contributed by atoms with Crippen LogP contribution in [0, 0.1) is 5.92 Å². The molecule has 0 saturated heterocycles. The number of amides is 1. The molecule has 26 heavy (non-hydrogen) atoms. The SMILES string of the molecule is C=CCOC(=O)N1CCC2=C(C1)C(=O)OC1C2=CC=C(O)C1C(=O)OC. The van der Waals surface area contributed by atoms with Crippen molar-refractivity contribution >= 4 is 18.0 Å². The molecule has 3 rings (SSSR count). The second kappa shape index (κ2) is 7.07. The van der Waals surface area contributed by atoms with E-state index < -0.39 is 30.1 Å². The molecule has 0 aromatic heterocycles. The van der Waals surface area contributed by atoms with Gasteiger partial charge in [0.05, 0.1) is 19.2 Å². The predicted molar refractivity (Wildman–Crippen MR) is 88.9 cm³/mol. The first-order valence-electron chi connectivity index (χ1n) is 8.12. The Morgan fingerprint density at radius 1 is 1.42 bits per heavy atom. The molecule has 0 saturated carbocycles. The van der Waals surface area contributed by atoms with Gasteiger partial charge in [-0.15, -0.1) is 0 Å². The Bertz CT molecular complexity index is 762. The van der Waals surface area contributed by atoms with Gasteiger partial charge in [-0.1, -0.05) is 18.7 Å². The van der Waals surface area contributed by atoms with Crippen LogP contribution in [0.2, 0.25) is 0 Å². The number of ether oxygens (including phenoxy) is 3. The fourth-order valence-corrected chi connectivity index (χ4v) is 3.32. The highest BCUT2D eigenvalue weighted by Crippen LogP contribution is 2.40. The number of allylic oxidation sites excluding steroid dienone is 2. The van der Waals surface area contributed by atoms with Gasteiger partial charge in [-0.05, 0) is 23.6 Å². The van der Waals surface area contributed by atoms with Gasteiger partial charge in [-0.3, -0.25) is 4.79 Å². The highest BCUT2D eigenvalue weighted by Gasteiger charge is 2.46. The van der Waals surface area contributed by atoms with Crippen LogP contribution in [0.4, 0.5) is 4.79 Å². The Kier molecular flexibility index (Phi) is 4.83. The summed E-state index contributed by atoms with van der Waals surface area (Å²) in [6, 6.07) is 0. The van der Waals surface area contributed by atoms with Crippen molar-refractivity contribution in [3.05, 3.63) is 47.3 Å². The predicted octanol–water partition coefficient (Wildman–Crippen LogP) is 1.41. The Hall–Kier alpha value is -3.03. The van der Waals surface area contributed by atoms with Crippen molar-refractivity contribution in [1.82, 2.24) is 4.90 Å². The van der Waals surface area contributed by atoms with Gasteiger partial charge in [0.15, 0.2) is 5.92 Å². The topological polar surface area (TPSA) is 102 Å². The number of hydrogen-bond acceptors (Lipinski definition) is 7. The van der Waals surface area contributed by atoms with Crippen LogP contribution in [0.25, 0.3) is 0 Å². The van der Waals surface area contributed by atoms with Crippen LogP contribution >= 0.6 is 0 Å². The maximum atomic E-state index is 12.5. The monoisotopic (exact) mass is 361 g/mol. The highest BCUT2D eigenvalue weighted by molar-refractivity contribution is 5.95. The lowest BCUT2D eigenvalue weighted by atomic mass is 9.79. The summed E-state index contributed by atoms with van der Waals surface area (Å²) in [6.07, 6.45) is 3.45. The van der Waals surface area contributed by atoms with Gasteiger partial charge in [0, 0.05) is 6.54 Å². The molecule has 0 aromatic carbocycles. The molecule has 1 N–H and O–H groups in total. The number of hydrogen-bond donors (Lipinski definition) is 1. The van der Waals surface area contributed by atoms with Gasteiger partial charge in [-0.2, -0.15) is 0 Å². The Morgan fingerprint density at radius 3 is 2.88 bits per heavy atom. The van der Waals surface area contributed by atoms with Crippen molar-refractivity contribution in [3.63, 3.8) is 0 Å². The fraction of sp³-hybridized carbons (Fsp3) is 0.389. The molecule has 0 fully saturated rings. The van der Waals surface area contributed by atoms with Crippen LogP contribution in [0.1, 0.15) is 6.42 Å². The number of carbonyl (C=O) groups excluding carboxylic acids is 3. The quantitative estimate of drug-likeness (QED) is 0.460. The lowest BCUT2D eigenvalue weighted by molar-refractivity contribution is -0.156. The van der Waals surface area contributed by atoms with Crippen molar-refractivity contribution in [2.75, 3.05) is 26.8 Å². The molecule has 0 spiro atoms. The van der Waals surface area contributed by atoms with E-state index in [0.717, 1.165) is 5.57 Å². The van der Waals surface area contributed by atoms with E-state index in [1.54, 1.807) is 6.08 Å². The third-order valence-corrected chi connectivity index (χ3v) is 4.57. The fourth-order valence-electron chi connectivity index (χ4n) is 3.32. The molecule has 2 aliphatic heterocycles. The molecular weight excluding hydrogens is 342 g/mol. The lowest BCUT2D eigenvalue weighted by Gasteiger charge is -2.39. The van der Waals surface area contributed by atoms with Gasteiger partial charge in [0.1, 0.15) is 18.5 Å². The van der Waals surface area contributed by atoms with E-state index in [0.29, 0.717) is 24.1 Å². The Labute approximate surface area is 150 Å². The summed E-state index contributed by atoms with van der Waals surface area (Å²) in [4.78, 5) is 37.9. The summed E-state index contributed by atoms with van der Waals surface area (Å²) in [7, 11) is 1.20. The number of carbonyl (C=O) groups is 3. The number of methoxy groups -OCH3 is 1. The van der Waals surface area contributed by atoms with Crippen LogP contribution in [-0.2, 0) is 23.8 Å². The standard InChI is InChI=1S/C18H19NO7/c1-3-8-25-18(23)19-7-6-10-11-4-5-13(20)14(17(22)24-2)15(11)26-16(21)12(10)9-19/h3-5,14-15,20H,1,6-9H2,2H3. The summed E-state index contributed by atoms with van der Waals surface area (Å²) < 4.78 is 15.1. The summed E-state index contributed by atoms with van der Waals surface area (Å²) >= 11 is 0. The maximum absolute atomic E-state index is 12.5. The van der Waals surface area contributed by atoms with Gasteiger partial charge < -0.3 is 24.2 Å². The first-order valence-corrected chi connectivity index (χ1v) is 8.12. The van der Waals surface area contributed by atoms with Gasteiger partial charge in [0.25, 0.3) is 0 Å². The normalized spacial score (nSPS) is 24.5. The average molecular weight is 361 g/mol. The third kappa shape index (κ3) is 2.98. The first-order chi connectivity index (χ1) is 12.5. The van der Waals surface area contributed by atoms with Crippen LogP contribution in [0.3, 0.4) is 0 Å². The number of aliphatic hydroxyl groups excluding tert-OH is 1. The number of nitrogens with zero attached hydrogens (tertiary/aromatic N) is 1. The van der Waals surface area contributed by atoms with Crippen molar-refractivity contribution in [1.29, 1.82) is 0 Å². The molecule has 0 radical (unpaired) electrons. The van der Waals surface area contributed by atoms with Crippen molar-refractivity contribution in [3.8, 4) is 0 Å². The van der Waals surface area contributed by atoms with E-state index in [9.17, 15) is 19.5 Å². The van der Waals surface area contributed by atoms with Crippen molar-refractivity contribution < 1.29 is 33.7 Å². The third-order valence-electron chi connectivity index (χ3n) is 4.57. The Balaban J connectivity index is 1.89. The highest BCUT2D eigenvalue weighted by atomic mass is 16.6. The number of esters is 2.